The molecule has 3 aromatic heterocycles. The summed E-state index contributed by atoms with van der Waals surface area (Å²) in [6.45, 7) is 0.855. The third-order valence-corrected chi connectivity index (χ3v) is 6.43. The van der Waals surface area contributed by atoms with Crippen molar-refractivity contribution >= 4 is 44.9 Å². The van der Waals surface area contributed by atoms with Crippen LogP contribution < -0.4 is 10.9 Å². The van der Waals surface area contributed by atoms with E-state index in [0.717, 1.165) is 9.35 Å². The summed E-state index contributed by atoms with van der Waals surface area (Å²) in [5.74, 6) is -0.101. The number of rotatable bonds is 4. The van der Waals surface area contributed by atoms with Crippen LogP contribution in [0.25, 0.3) is 10.6 Å². The zero-order valence-corrected chi connectivity index (χ0v) is 18.3. The second-order valence-corrected chi connectivity index (χ2v) is 8.87. The van der Waals surface area contributed by atoms with E-state index < -0.39 is 5.56 Å². The van der Waals surface area contributed by atoms with Crippen molar-refractivity contribution in [2.24, 2.45) is 5.92 Å². The lowest BCUT2D eigenvalue weighted by Crippen LogP contribution is -2.43. The Bertz CT molecular complexity index is 1100. The molecule has 1 fully saturated rings. The van der Waals surface area contributed by atoms with Crippen molar-refractivity contribution in [2.75, 3.05) is 18.4 Å². The molecule has 0 aromatic carbocycles. The minimum Gasteiger partial charge on any atom is -0.338 e. The fraction of sp³-hybridized carbons (Fsp3) is 0.238. The van der Waals surface area contributed by atoms with Crippen molar-refractivity contribution in [1.29, 1.82) is 0 Å². The van der Waals surface area contributed by atoms with Gasteiger partial charge in [-0.3, -0.25) is 14.4 Å². The van der Waals surface area contributed by atoms with Crippen molar-refractivity contribution in [3.05, 3.63) is 68.4 Å². The molecule has 0 atom stereocenters. The highest BCUT2D eigenvalue weighted by Crippen LogP contribution is 2.23. The summed E-state index contributed by atoms with van der Waals surface area (Å²) in [5, 5.41) is 4.75. The van der Waals surface area contributed by atoms with Gasteiger partial charge >= 0.3 is 0 Å². The molecule has 0 saturated carbocycles. The molecule has 3 aromatic rings. The molecule has 4 heterocycles. The zero-order valence-electron chi connectivity index (χ0n) is 15.9. The van der Waals surface area contributed by atoms with Crippen LogP contribution in [-0.2, 0) is 4.79 Å². The van der Waals surface area contributed by atoms with Crippen LogP contribution in [-0.4, -0.2) is 39.8 Å². The van der Waals surface area contributed by atoms with Crippen molar-refractivity contribution in [3.8, 4) is 10.6 Å². The van der Waals surface area contributed by atoms with Gasteiger partial charge in [-0.25, -0.2) is 4.98 Å². The molecule has 1 saturated heterocycles. The third kappa shape index (κ3) is 4.52. The van der Waals surface area contributed by atoms with Gasteiger partial charge in [0, 0.05) is 29.7 Å². The molecule has 2 amide bonds. The fourth-order valence-corrected chi connectivity index (χ4v) is 4.35. The van der Waals surface area contributed by atoms with E-state index in [-0.39, 0.29) is 23.3 Å². The first-order chi connectivity index (χ1) is 14.5. The molecule has 1 aliphatic rings. The zero-order chi connectivity index (χ0) is 21.1. The molecule has 0 unspecified atom stereocenters. The summed E-state index contributed by atoms with van der Waals surface area (Å²) in [5.41, 5.74) is 0.424. The van der Waals surface area contributed by atoms with E-state index in [1.165, 1.54) is 11.3 Å². The fourth-order valence-electron chi connectivity index (χ4n) is 3.41. The van der Waals surface area contributed by atoms with E-state index >= 15 is 0 Å². The van der Waals surface area contributed by atoms with E-state index in [9.17, 15) is 14.4 Å². The number of piperidine rings is 1. The molecular formula is C21H19BrN4O3S. The molecule has 0 spiro atoms. The summed E-state index contributed by atoms with van der Waals surface area (Å²) < 4.78 is 0.839. The number of aromatic amines is 1. The van der Waals surface area contributed by atoms with Gasteiger partial charge in [0.05, 0.1) is 10.6 Å². The minimum atomic E-state index is -0.396. The summed E-state index contributed by atoms with van der Waals surface area (Å²) in [7, 11) is 0. The molecule has 0 radical (unpaired) electrons. The maximum atomic E-state index is 12.8. The van der Waals surface area contributed by atoms with Crippen LogP contribution in [0.5, 0.6) is 0 Å². The van der Waals surface area contributed by atoms with E-state index in [1.807, 2.05) is 23.6 Å². The van der Waals surface area contributed by atoms with Crippen molar-refractivity contribution in [2.45, 2.75) is 12.8 Å². The van der Waals surface area contributed by atoms with Crippen LogP contribution in [0.2, 0.25) is 0 Å². The number of pyridine rings is 2. The van der Waals surface area contributed by atoms with Crippen LogP contribution in [0, 0.1) is 5.92 Å². The second-order valence-electron chi connectivity index (χ2n) is 7.01. The predicted molar refractivity (Wildman–Crippen MR) is 120 cm³/mol. The van der Waals surface area contributed by atoms with Gasteiger partial charge in [0.2, 0.25) is 5.91 Å². The van der Waals surface area contributed by atoms with Gasteiger partial charge in [-0.15, -0.1) is 11.3 Å². The molecule has 30 heavy (non-hydrogen) atoms. The van der Waals surface area contributed by atoms with Gasteiger partial charge in [0.25, 0.3) is 11.5 Å². The highest BCUT2D eigenvalue weighted by Gasteiger charge is 2.29. The Labute approximate surface area is 185 Å². The van der Waals surface area contributed by atoms with Crippen LogP contribution in [0.3, 0.4) is 0 Å². The molecule has 0 bridgehead atoms. The lowest BCUT2D eigenvalue weighted by Gasteiger charge is -2.31. The van der Waals surface area contributed by atoms with Crippen molar-refractivity contribution in [3.63, 3.8) is 0 Å². The molecule has 2 N–H and O–H groups in total. The van der Waals surface area contributed by atoms with Gasteiger partial charge in [-0.05, 0) is 64.5 Å². The quantitative estimate of drug-likeness (QED) is 0.586. The third-order valence-electron chi connectivity index (χ3n) is 5.06. The number of carbonyl (C=O) groups excluding carboxylic acids is 2. The Morgan fingerprint density at radius 1 is 1.17 bits per heavy atom. The number of hydrogen-bond donors (Lipinski definition) is 2. The topological polar surface area (TPSA) is 95.2 Å². The number of thiophene rings is 1. The molecule has 7 nitrogen and oxygen atoms in total. The molecule has 154 valence electrons. The van der Waals surface area contributed by atoms with Crippen LogP contribution >= 0.6 is 27.3 Å². The molecule has 0 aliphatic carbocycles. The monoisotopic (exact) mass is 486 g/mol. The summed E-state index contributed by atoms with van der Waals surface area (Å²) in [6, 6.07) is 10.7. The van der Waals surface area contributed by atoms with E-state index in [1.54, 1.807) is 29.3 Å². The van der Waals surface area contributed by atoms with E-state index in [0.29, 0.717) is 37.4 Å². The van der Waals surface area contributed by atoms with Crippen LogP contribution in [0.1, 0.15) is 23.2 Å². The highest BCUT2D eigenvalue weighted by molar-refractivity contribution is 9.10. The number of amides is 2. The van der Waals surface area contributed by atoms with E-state index in [4.69, 9.17) is 0 Å². The smallest absolute Gasteiger partial charge is 0.261 e. The number of H-pyrrole nitrogens is 1. The number of hydrogen-bond acceptors (Lipinski definition) is 5. The number of nitrogens with zero attached hydrogens (tertiary/aromatic N) is 2. The Kier molecular flexibility index (Phi) is 6.10. The average Bonchev–Trinajstić information content (AvgIpc) is 3.30. The first-order valence-corrected chi connectivity index (χ1v) is 11.2. The van der Waals surface area contributed by atoms with Gasteiger partial charge in [-0.2, -0.15) is 0 Å². The first-order valence-electron chi connectivity index (χ1n) is 9.50. The number of aromatic nitrogens is 2. The maximum Gasteiger partial charge on any atom is 0.261 e. The standard InChI is InChI=1S/C21H19BrN4O3S/c22-14-3-6-18(23-12-14)25-19(27)13-7-9-26(10-8-13)21(29)15-4-5-16(24-20(15)28)17-2-1-11-30-17/h1-6,11-13H,7-10H2,(H,24,28)(H,23,25,27). The number of halogens is 1. The first kappa shape index (κ1) is 20.5. The predicted octanol–water partition coefficient (Wildman–Crippen LogP) is 3.75. The molecule has 4 rings (SSSR count). The Morgan fingerprint density at radius 2 is 1.97 bits per heavy atom. The van der Waals surface area contributed by atoms with Gasteiger partial charge < -0.3 is 15.2 Å². The lowest BCUT2D eigenvalue weighted by molar-refractivity contribution is -0.121. The Morgan fingerprint density at radius 3 is 2.60 bits per heavy atom. The maximum absolute atomic E-state index is 12.8. The normalized spacial score (nSPS) is 14.5. The summed E-state index contributed by atoms with van der Waals surface area (Å²) in [4.78, 5) is 47.3. The van der Waals surface area contributed by atoms with Gasteiger partial charge in [0.1, 0.15) is 11.4 Å². The largest absolute Gasteiger partial charge is 0.338 e. The second kappa shape index (κ2) is 8.93. The Hall–Kier alpha value is -2.78. The number of nitrogens with one attached hydrogen (secondary N) is 2. The van der Waals surface area contributed by atoms with Crippen LogP contribution in [0.4, 0.5) is 5.82 Å². The highest BCUT2D eigenvalue weighted by atomic mass is 79.9. The average molecular weight is 487 g/mol. The van der Waals surface area contributed by atoms with Gasteiger partial charge in [-0.1, -0.05) is 6.07 Å². The molecule has 1 aliphatic heterocycles. The molecule has 9 heteroatoms. The number of anilines is 1. The van der Waals surface area contributed by atoms with Crippen molar-refractivity contribution < 1.29 is 9.59 Å². The number of likely N-dealkylation sites (tertiary alicyclic amines) is 1. The van der Waals surface area contributed by atoms with Crippen molar-refractivity contribution in [1.82, 2.24) is 14.9 Å². The summed E-state index contributed by atoms with van der Waals surface area (Å²) in [6.07, 6.45) is 2.71. The van der Waals surface area contributed by atoms with E-state index in [2.05, 4.69) is 31.2 Å². The lowest BCUT2D eigenvalue weighted by atomic mass is 9.95. The summed E-state index contributed by atoms with van der Waals surface area (Å²) >= 11 is 4.83. The van der Waals surface area contributed by atoms with Gasteiger partial charge in [0.15, 0.2) is 0 Å². The Balaban J connectivity index is 1.36. The molecular weight excluding hydrogens is 468 g/mol. The number of carbonyl (C=O) groups is 2. The SMILES string of the molecule is O=C(Nc1ccc(Br)cn1)C1CCN(C(=O)c2ccc(-c3cccs3)[nH]c2=O)CC1. The van der Waals surface area contributed by atoms with Crippen LogP contribution in [0.15, 0.2) is 57.2 Å². The minimum absolute atomic E-state index is 0.102.